The van der Waals surface area contributed by atoms with Crippen molar-refractivity contribution < 1.29 is 0 Å². The molecule has 0 radical (unpaired) electrons. The van der Waals surface area contributed by atoms with E-state index < -0.39 is 8.96 Å². The van der Waals surface area contributed by atoms with E-state index in [0.717, 1.165) is 5.54 Å². The molecule has 68 valence electrons. The van der Waals surface area contributed by atoms with Crippen LogP contribution in [-0.2, 0) is 0 Å². The lowest BCUT2D eigenvalue weighted by atomic mass is 10.4. The van der Waals surface area contributed by atoms with Crippen molar-refractivity contribution in [1.82, 2.24) is 4.98 Å². The Hall–Kier alpha value is 0.177. The Bertz CT molecular complexity index is 83.6. The Kier molecular flexibility index (Phi) is 6.97. The number of hydrogen-bond acceptors (Lipinski definition) is 1. The van der Waals surface area contributed by atoms with Crippen LogP contribution in [0.4, 0.5) is 0 Å². The lowest BCUT2D eigenvalue weighted by Gasteiger charge is -2.19. The summed E-state index contributed by atoms with van der Waals surface area (Å²) in [5, 5.41) is 0. The molecule has 1 N–H and O–H groups in total. The van der Waals surface area contributed by atoms with Crippen molar-refractivity contribution in [2.24, 2.45) is 0 Å². The van der Waals surface area contributed by atoms with Crippen molar-refractivity contribution in [1.29, 1.82) is 0 Å². The summed E-state index contributed by atoms with van der Waals surface area (Å²) in [7, 11) is -0.575. The Morgan fingerprint density at radius 2 is 1.91 bits per heavy atom. The molecule has 0 aromatic rings. The molecule has 0 bridgehead atoms. The van der Waals surface area contributed by atoms with Gasteiger partial charge in [0.1, 0.15) is 8.96 Å². The first-order valence-electron chi connectivity index (χ1n) is 4.95. The molecular weight excluding hydrogens is 150 g/mol. The molecule has 0 fully saturated rings. The van der Waals surface area contributed by atoms with Gasteiger partial charge in [0.05, 0.1) is 0 Å². The Balaban J connectivity index is 3.51. The first-order chi connectivity index (χ1) is 5.22. The molecule has 0 aromatic heterocycles. The second kappa shape index (κ2) is 6.86. The topological polar surface area (TPSA) is 12.0 Å². The minimum atomic E-state index is -0.575. The molecule has 1 atom stereocenters. The highest BCUT2D eigenvalue weighted by Gasteiger charge is 2.12. The van der Waals surface area contributed by atoms with Crippen LogP contribution in [-0.4, -0.2) is 15.5 Å². The number of unbranched alkanes of at least 4 members (excludes halogenated alkanes) is 1. The molecule has 0 heterocycles. The molecule has 2 heteroatoms. The highest BCUT2D eigenvalue weighted by molar-refractivity contribution is 6.57. The summed E-state index contributed by atoms with van der Waals surface area (Å²) >= 11 is 0. The Morgan fingerprint density at radius 1 is 1.27 bits per heavy atom. The maximum absolute atomic E-state index is 3.66. The second-order valence-corrected chi connectivity index (χ2v) is 7.08. The normalized spacial score (nSPS) is 13.9. The molecule has 0 saturated carbocycles. The standard InChI is InChI=1S/C9H23NSi/c1-5-7-8-11(9(3)4)10-6-2/h9-11H,5-8H2,1-4H3. The van der Waals surface area contributed by atoms with Crippen molar-refractivity contribution in [2.45, 2.75) is 52.1 Å². The van der Waals surface area contributed by atoms with Crippen LogP contribution in [0.15, 0.2) is 0 Å². The zero-order valence-corrected chi connectivity index (χ0v) is 9.64. The third kappa shape index (κ3) is 5.45. The van der Waals surface area contributed by atoms with E-state index in [1.807, 2.05) is 0 Å². The lowest BCUT2D eigenvalue weighted by molar-refractivity contribution is 0.823. The van der Waals surface area contributed by atoms with Crippen molar-refractivity contribution in [3.63, 3.8) is 0 Å². The fraction of sp³-hybridized carbons (Fsp3) is 1.00. The summed E-state index contributed by atoms with van der Waals surface area (Å²) in [6.07, 6.45) is 2.77. The van der Waals surface area contributed by atoms with E-state index >= 15 is 0 Å². The van der Waals surface area contributed by atoms with Gasteiger partial charge >= 0.3 is 0 Å². The molecule has 0 spiro atoms. The highest BCUT2D eigenvalue weighted by Crippen LogP contribution is 2.11. The zero-order valence-electron chi connectivity index (χ0n) is 8.48. The highest BCUT2D eigenvalue weighted by atomic mass is 28.3. The monoisotopic (exact) mass is 173 g/mol. The second-order valence-electron chi connectivity index (χ2n) is 3.55. The lowest BCUT2D eigenvalue weighted by Crippen LogP contribution is -2.36. The van der Waals surface area contributed by atoms with Gasteiger partial charge in [-0.2, -0.15) is 0 Å². The molecule has 0 saturated heterocycles. The quantitative estimate of drug-likeness (QED) is 0.609. The van der Waals surface area contributed by atoms with E-state index in [0.29, 0.717) is 0 Å². The maximum Gasteiger partial charge on any atom is 0.111 e. The van der Waals surface area contributed by atoms with Crippen LogP contribution in [0.5, 0.6) is 0 Å². The minimum Gasteiger partial charge on any atom is -0.340 e. The van der Waals surface area contributed by atoms with Crippen molar-refractivity contribution in [2.75, 3.05) is 6.54 Å². The van der Waals surface area contributed by atoms with E-state index in [4.69, 9.17) is 0 Å². The molecule has 0 rings (SSSR count). The number of rotatable bonds is 6. The summed E-state index contributed by atoms with van der Waals surface area (Å²) in [5.41, 5.74) is 0.918. The van der Waals surface area contributed by atoms with Crippen LogP contribution in [0.25, 0.3) is 0 Å². The molecule has 1 nitrogen and oxygen atoms in total. The average molecular weight is 173 g/mol. The summed E-state index contributed by atoms with van der Waals surface area (Å²) in [4.78, 5) is 3.66. The molecule has 0 aliphatic rings. The van der Waals surface area contributed by atoms with Gasteiger partial charge in [0, 0.05) is 0 Å². The van der Waals surface area contributed by atoms with Crippen LogP contribution in [0, 0.1) is 0 Å². The van der Waals surface area contributed by atoms with Gasteiger partial charge in [0.2, 0.25) is 0 Å². The maximum atomic E-state index is 3.66. The van der Waals surface area contributed by atoms with Crippen molar-refractivity contribution in [3.05, 3.63) is 0 Å². The molecule has 0 amide bonds. The van der Waals surface area contributed by atoms with Gasteiger partial charge in [0.15, 0.2) is 0 Å². The molecule has 1 unspecified atom stereocenters. The van der Waals surface area contributed by atoms with Crippen molar-refractivity contribution in [3.8, 4) is 0 Å². The molecule has 0 aromatic carbocycles. The van der Waals surface area contributed by atoms with Gasteiger partial charge in [0.25, 0.3) is 0 Å². The molecule has 11 heavy (non-hydrogen) atoms. The van der Waals surface area contributed by atoms with Gasteiger partial charge in [-0.3, -0.25) is 0 Å². The first kappa shape index (κ1) is 11.2. The predicted molar refractivity (Wildman–Crippen MR) is 55.6 cm³/mol. The summed E-state index contributed by atoms with van der Waals surface area (Å²) in [5.74, 6) is 0. The fourth-order valence-corrected chi connectivity index (χ4v) is 4.07. The molecule has 0 aliphatic heterocycles. The summed E-state index contributed by atoms with van der Waals surface area (Å²) in [6.45, 7) is 10.4. The van der Waals surface area contributed by atoms with Crippen LogP contribution in [0.3, 0.4) is 0 Å². The van der Waals surface area contributed by atoms with Crippen LogP contribution in [0.2, 0.25) is 11.6 Å². The van der Waals surface area contributed by atoms with Gasteiger partial charge in [-0.15, -0.1) is 0 Å². The van der Waals surface area contributed by atoms with E-state index in [2.05, 4.69) is 32.7 Å². The molecule has 0 aliphatic carbocycles. The Labute approximate surface area is 73.3 Å². The van der Waals surface area contributed by atoms with E-state index in [-0.39, 0.29) is 0 Å². The van der Waals surface area contributed by atoms with Crippen LogP contribution < -0.4 is 4.98 Å². The third-order valence-electron chi connectivity index (χ3n) is 2.14. The number of hydrogen-bond donors (Lipinski definition) is 1. The van der Waals surface area contributed by atoms with Gasteiger partial charge < -0.3 is 4.98 Å². The first-order valence-corrected chi connectivity index (χ1v) is 7.01. The van der Waals surface area contributed by atoms with E-state index in [1.54, 1.807) is 0 Å². The third-order valence-corrected chi connectivity index (χ3v) is 5.71. The van der Waals surface area contributed by atoms with Crippen molar-refractivity contribution >= 4 is 8.96 Å². The summed E-state index contributed by atoms with van der Waals surface area (Å²) in [6, 6.07) is 1.47. The van der Waals surface area contributed by atoms with Gasteiger partial charge in [-0.25, -0.2) is 0 Å². The van der Waals surface area contributed by atoms with Crippen LogP contribution >= 0.6 is 0 Å². The predicted octanol–water partition coefficient (Wildman–Crippen LogP) is 2.53. The SMILES string of the molecule is CCCC[SiH](NCC)C(C)C. The Morgan fingerprint density at radius 3 is 2.27 bits per heavy atom. The zero-order chi connectivity index (χ0) is 8.69. The van der Waals surface area contributed by atoms with Gasteiger partial charge in [-0.05, 0) is 18.1 Å². The van der Waals surface area contributed by atoms with Crippen LogP contribution in [0.1, 0.15) is 40.5 Å². The molecular formula is C9H23NSi. The van der Waals surface area contributed by atoms with Gasteiger partial charge in [-0.1, -0.05) is 40.5 Å². The van der Waals surface area contributed by atoms with E-state index in [9.17, 15) is 0 Å². The largest absolute Gasteiger partial charge is 0.340 e. The van der Waals surface area contributed by atoms with E-state index in [1.165, 1.54) is 25.4 Å². The summed E-state index contributed by atoms with van der Waals surface area (Å²) < 4.78 is 0. The number of nitrogens with one attached hydrogen (secondary N) is 1. The fourth-order valence-electron chi connectivity index (χ4n) is 1.36. The minimum absolute atomic E-state index is 0.575. The average Bonchev–Trinajstić information content (AvgIpc) is 1.97. The smallest absolute Gasteiger partial charge is 0.111 e.